The molecule has 10 nitrogen and oxygen atoms in total. The van der Waals surface area contributed by atoms with Gasteiger partial charge in [0.1, 0.15) is 17.2 Å². The lowest BCUT2D eigenvalue weighted by atomic mass is 10.0. The number of hydrogen-bond donors (Lipinski definition) is 3. The summed E-state index contributed by atoms with van der Waals surface area (Å²) in [4.78, 5) is 17.3. The van der Waals surface area contributed by atoms with Crippen LogP contribution in [-0.2, 0) is 23.6 Å². The molecule has 0 amide bonds. The molecule has 0 aliphatic rings. The van der Waals surface area contributed by atoms with E-state index in [1.807, 2.05) is 48.9 Å². The summed E-state index contributed by atoms with van der Waals surface area (Å²) in [6.45, 7) is 1.91. The fourth-order valence-electron chi connectivity index (χ4n) is 4.45. The number of H-pyrrole nitrogens is 2. The SMILES string of the molecule is Cc1ncc(-c2ccc3[nH]nc(-c4nc5c(-c6cc(F)cc(CNS(C)(=O)=O)c6)cccc5[nH]4)c3n2)n1C. The molecule has 0 aliphatic carbocycles. The maximum atomic E-state index is 14.5. The van der Waals surface area contributed by atoms with Gasteiger partial charge in [-0.25, -0.2) is 32.5 Å². The minimum absolute atomic E-state index is 0.0190. The van der Waals surface area contributed by atoms with Crippen LogP contribution in [-0.4, -0.2) is 49.4 Å². The van der Waals surface area contributed by atoms with Crippen molar-refractivity contribution < 1.29 is 12.8 Å². The van der Waals surface area contributed by atoms with Crippen LogP contribution >= 0.6 is 0 Å². The van der Waals surface area contributed by atoms with Gasteiger partial charge < -0.3 is 9.55 Å². The number of imidazole rings is 2. The van der Waals surface area contributed by atoms with Gasteiger partial charge >= 0.3 is 0 Å². The average Bonchev–Trinajstić information content (AvgIpc) is 3.58. The van der Waals surface area contributed by atoms with Gasteiger partial charge in [0.15, 0.2) is 11.5 Å². The molecule has 0 unspecified atom stereocenters. The molecule has 0 fully saturated rings. The molecule has 192 valence electrons. The van der Waals surface area contributed by atoms with Crippen LogP contribution in [0.3, 0.4) is 0 Å². The zero-order valence-corrected chi connectivity index (χ0v) is 21.6. The highest BCUT2D eigenvalue weighted by atomic mass is 32.2. The maximum absolute atomic E-state index is 14.5. The second kappa shape index (κ2) is 8.85. The first kappa shape index (κ1) is 23.9. The minimum Gasteiger partial charge on any atom is -0.336 e. The Morgan fingerprint density at radius 3 is 2.66 bits per heavy atom. The van der Waals surface area contributed by atoms with Crippen LogP contribution in [0.2, 0.25) is 0 Å². The summed E-state index contributed by atoms with van der Waals surface area (Å²) in [5.41, 5.74) is 6.77. The number of pyridine rings is 1. The first-order valence-corrected chi connectivity index (χ1v) is 13.6. The van der Waals surface area contributed by atoms with Gasteiger partial charge in [0.05, 0.1) is 40.4 Å². The number of aryl methyl sites for hydroxylation is 1. The quantitative estimate of drug-likeness (QED) is 0.297. The van der Waals surface area contributed by atoms with Crippen molar-refractivity contribution in [2.45, 2.75) is 13.5 Å². The maximum Gasteiger partial charge on any atom is 0.209 e. The molecule has 4 aromatic heterocycles. The summed E-state index contributed by atoms with van der Waals surface area (Å²) in [6.07, 6.45) is 2.85. The van der Waals surface area contributed by atoms with Gasteiger partial charge in [-0.15, -0.1) is 0 Å². The second-order valence-electron chi connectivity index (χ2n) is 9.14. The molecular formula is C26H23FN8O2S. The van der Waals surface area contributed by atoms with E-state index in [0.29, 0.717) is 39.2 Å². The van der Waals surface area contributed by atoms with E-state index in [9.17, 15) is 12.8 Å². The van der Waals surface area contributed by atoms with Gasteiger partial charge in [-0.2, -0.15) is 5.10 Å². The molecule has 0 saturated heterocycles. The van der Waals surface area contributed by atoms with E-state index in [0.717, 1.165) is 34.5 Å². The topological polar surface area (TPSA) is 134 Å². The fraction of sp³-hybridized carbons (Fsp3) is 0.154. The van der Waals surface area contributed by atoms with Gasteiger partial charge in [-0.3, -0.25) is 5.10 Å². The van der Waals surface area contributed by atoms with E-state index >= 15 is 0 Å². The number of sulfonamides is 1. The standard InChI is InChI=1S/C26H23FN8O2S/c1-14-28-13-22(35(14)2)19-7-8-21-24(30-19)25(34-33-21)26-31-20-6-4-5-18(23(20)32-26)16-9-15(10-17(27)11-16)12-29-38(3,36)37/h4-11,13,29H,12H2,1-3H3,(H,31,32)(H,33,34). The Hall–Kier alpha value is -4.42. The number of aromatic nitrogens is 7. The zero-order valence-electron chi connectivity index (χ0n) is 20.7. The number of rotatable bonds is 6. The van der Waals surface area contributed by atoms with Crippen molar-refractivity contribution in [1.82, 2.24) is 39.4 Å². The highest BCUT2D eigenvalue weighted by Crippen LogP contribution is 2.32. The zero-order chi connectivity index (χ0) is 26.6. The molecular weight excluding hydrogens is 507 g/mol. The molecule has 0 aliphatic heterocycles. The predicted octanol–water partition coefficient (Wildman–Crippen LogP) is 4.07. The highest BCUT2D eigenvalue weighted by Gasteiger charge is 2.18. The molecule has 2 aromatic carbocycles. The monoisotopic (exact) mass is 530 g/mol. The van der Waals surface area contributed by atoms with Crippen molar-refractivity contribution in [3.05, 3.63) is 71.9 Å². The number of fused-ring (bicyclic) bond motifs is 2. The molecule has 38 heavy (non-hydrogen) atoms. The summed E-state index contributed by atoms with van der Waals surface area (Å²) >= 11 is 0. The predicted molar refractivity (Wildman–Crippen MR) is 143 cm³/mol. The van der Waals surface area contributed by atoms with Gasteiger partial charge in [0.25, 0.3) is 0 Å². The van der Waals surface area contributed by atoms with Gasteiger partial charge in [-0.05, 0) is 54.4 Å². The summed E-state index contributed by atoms with van der Waals surface area (Å²) in [5, 5.41) is 7.49. The molecule has 6 rings (SSSR count). The van der Waals surface area contributed by atoms with E-state index in [2.05, 4.69) is 24.9 Å². The van der Waals surface area contributed by atoms with E-state index in [1.54, 1.807) is 12.3 Å². The van der Waals surface area contributed by atoms with Crippen LogP contribution < -0.4 is 4.72 Å². The normalized spacial score (nSPS) is 12.1. The lowest BCUT2D eigenvalue weighted by Gasteiger charge is -2.08. The van der Waals surface area contributed by atoms with Crippen molar-refractivity contribution in [1.29, 1.82) is 0 Å². The summed E-state index contributed by atoms with van der Waals surface area (Å²) in [6, 6.07) is 13.9. The van der Waals surface area contributed by atoms with Crippen molar-refractivity contribution >= 4 is 32.1 Å². The number of nitrogens with one attached hydrogen (secondary N) is 3. The molecule has 0 atom stereocenters. The number of nitrogens with zero attached hydrogens (tertiary/aromatic N) is 5. The molecule has 0 radical (unpaired) electrons. The Balaban J connectivity index is 1.44. The Bertz CT molecular complexity index is 1960. The minimum atomic E-state index is -3.42. The molecule has 6 aromatic rings. The first-order valence-electron chi connectivity index (χ1n) is 11.7. The first-order chi connectivity index (χ1) is 18.2. The fourth-order valence-corrected chi connectivity index (χ4v) is 4.88. The number of para-hydroxylation sites is 1. The Labute approximate surface area is 217 Å². The highest BCUT2D eigenvalue weighted by molar-refractivity contribution is 7.88. The summed E-state index contributed by atoms with van der Waals surface area (Å²) < 4.78 is 41.9. The van der Waals surface area contributed by atoms with Crippen LogP contribution in [0, 0.1) is 12.7 Å². The van der Waals surface area contributed by atoms with E-state index in [4.69, 9.17) is 9.97 Å². The molecule has 0 saturated carbocycles. The van der Waals surface area contributed by atoms with Crippen LogP contribution in [0.25, 0.3) is 56.1 Å². The van der Waals surface area contributed by atoms with Gasteiger partial charge in [0, 0.05) is 19.2 Å². The Morgan fingerprint density at radius 2 is 1.89 bits per heavy atom. The smallest absolute Gasteiger partial charge is 0.209 e. The second-order valence-corrected chi connectivity index (χ2v) is 11.0. The van der Waals surface area contributed by atoms with E-state index in [1.165, 1.54) is 12.1 Å². The van der Waals surface area contributed by atoms with Crippen LogP contribution in [0.15, 0.2) is 54.7 Å². The summed E-state index contributed by atoms with van der Waals surface area (Å²) in [5.74, 6) is 0.924. The average molecular weight is 531 g/mol. The van der Waals surface area contributed by atoms with Crippen molar-refractivity contribution in [3.63, 3.8) is 0 Å². The number of benzene rings is 2. The van der Waals surface area contributed by atoms with Crippen molar-refractivity contribution in [2.24, 2.45) is 7.05 Å². The van der Waals surface area contributed by atoms with Gasteiger partial charge in [0.2, 0.25) is 10.0 Å². The third-order valence-corrected chi connectivity index (χ3v) is 7.10. The molecule has 4 heterocycles. The van der Waals surface area contributed by atoms with E-state index < -0.39 is 15.8 Å². The molecule has 0 bridgehead atoms. The van der Waals surface area contributed by atoms with Gasteiger partial charge in [-0.1, -0.05) is 12.1 Å². The van der Waals surface area contributed by atoms with Crippen LogP contribution in [0.5, 0.6) is 0 Å². The Morgan fingerprint density at radius 1 is 1.05 bits per heavy atom. The van der Waals surface area contributed by atoms with E-state index in [-0.39, 0.29) is 6.54 Å². The molecule has 12 heteroatoms. The number of hydrogen-bond acceptors (Lipinski definition) is 6. The molecule has 3 N–H and O–H groups in total. The Kier molecular flexibility index (Phi) is 5.58. The third-order valence-electron chi connectivity index (χ3n) is 6.43. The summed E-state index contributed by atoms with van der Waals surface area (Å²) in [7, 11) is -1.48. The van der Waals surface area contributed by atoms with Crippen LogP contribution in [0.4, 0.5) is 4.39 Å². The van der Waals surface area contributed by atoms with Crippen molar-refractivity contribution in [2.75, 3.05) is 6.26 Å². The number of aromatic amines is 2. The third kappa shape index (κ3) is 4.33. The van der Waals surface area contributed by atoms with Crippen LogP contribution in [0.1, 0.15) is 11.4 Å². The lowest BCUT2D eigenvalue weighted by molar-refractivity contribution is 0.586. The number of halogens is 1. The largest absolute Gasteiger partial charge is 0.336 e. The van der Waals surface area contributed by atoms with Crippen molar-refractivity contribution in [3.8, 4) is 34.0 Å². The lowest BCUT2D eigenvalue weighted by Crippen LogP contribution is -2.21. The molecule has 0 spiro atoms.